The fourth-order valence-corrected chi connectivity index (χ4v) is 2.87. The standard InChI is InChI=1S/C22H16ClN3O3/c1-28-17-9-5-15(6-10-17)22(27)25-19-11-7-14-8-12-20(26-21(14)24-19)29-18-4-2-3-16(23)13-18/h2-13H,1H3,(H,24,25,26,27). The number of carbonyl (C=O) groups is 1. The van der Waals surface area contributed by atoms with Crippen LogP contribution in [0.2, 0.25) is 5.02 Å². The van der Waals surface area contributed by atoms with Crippen molar-refractivity contribution in [2.45, 2.75) is 0 Å². The molecule has 6 nitrogen and oxygen atoms in total. The van der Waals surface area contributed by atoms with Gasteiger partial charge >= 0.3 is 0 Å². The van der Waals surface area contributed by atoms with E-state index in [4.69, 9.17) is 21.1 Å². The number of ether oxygens (including phenoxy) is 2. The largest absolute Gasteiger partial charge is 0.497 e. The Kier molecular flexibility index (Phi) is 5.27. The molecule has 0 spiro atoms. The van der Waals surface area contributed by atoms with Crippen molar-refractivity contribution in [2.24, 2.45) is 0 Å². The molecular weight excluding hydrogens is 390 g/mol. The van der Waals surface area contributed by atoms with Gasteiger partial charge in [0.1, 0.15) is 17.3 Å². The third-order valence-electron chi connectivity index (χ3n) is 4.14. The molecule has 1 N–H and O–H groups in total. The van der Waals surface area contributed by atoms with Crippen LogP contribution >= 0.6 is 11.6 Å². The molecule has 2 aromatic carbocycles. The molecule has 2 heterocycles. The second kappa shape index (κ2) is 8.16. The first-order valence-corrected chi connectivity index (χ1v) is 9.15. The number of fused-ring (bicyclic) bond motifs is 1. The van der Waals surface area contributed by atoms with Crippen LogP contribution < -0.4 is 14.8 Å². The number of halogens is 1. The maximum absolute atomic E-state index is 12.4. The highest BCUT2D eigenvalue weighted by Crippen LogP contribution is 2.25. The number of benzene rings is 2. The Morgan fingerprint density at radius 2 is 1.72 bits per heavy atom. The molecule has 1 amide bonds. The van der Waals surface area contributed by atoms with Gasteiger partial charge in [0.25, 0.3) is 5.91 Å². The Morgan fingerprint density at radius 3 is 2.48 bits per heavy atom. The van der Waals surface area contributed by atoms with Gasteiger partial charge in [0.15, 0.2) is 5.65 Å². The Balaban J connectivity index is 1.55. The predicted octanol–water partition coefficient (Wildman–Crippen LogP) is 5.34. The van der Waals surface area contributed by atoms with Crippen molar-refractivity contribution in [1.82, 2.24) is 9.97 Å². The third kappa shape index (κ3) is 4.44. The third-order valence-corrected chi connectivity index (χ3v) is 4.37. The van der Waals surface area contributed by atoms with E-state index in [2.05, 4.69) is 15.3 Å². The van der Waals surface area contributed by atoms with E-state index in [1.165, 1.54) is 0 Å². The summed E-state index contributed by atoms with van der Waals surface area (Å²) < 4.78 is 10.8. The average molecular weight is 406 g/mol. The molecule has 2 aromatic heterocycles. The van der Waals surface area contributed by atoms with Crippen molar-refractivity contribution in [3.63, 3.8) is 0 Å². The lowest BCUT2D eigenvalue weighted by Crippen LogP contribution is -2.12. The second-order valence-electron chi connectivity index (χ2n) is 6.13. The zero-order valence-corrected chi connectivity index (χ0v) is 16.2. The first kappa shape index (κ1) is 18.7. The van der Waals surface area contributed by atoms with Crippen LogP contribution in [0.4, 0.5) is 5.82 Å². The van der Waals surface area contributed by atoms with Gasteiger partial charge in [0.2, 0.25) is 5.88 Å². The Bertz CT molecular complexity index is 1180. The van der Waals surface area contributed by atoms with Gasteiger partial charge < -0.3 is 14.8 Å². The highest BCUT2D eigenvalue weighted by molar-refractivity contribution is 6.30. The highest BCUT2D eigenvalue weighted by Gasteiger charge is 2.09. The number of nitrogens with one attached hydrogen (secondary N) is 1. The molecule has 4 rings (SSSR count). The number of anilines is 1. The minimum Gasteiger partial charge on any atom is -0.497 e. The van der Waals surface area contributed by atoms with Crippen LogP contribution in [-0.4, -0.2) is 23.0 Å². The molecule has 0 bridgehead atoms. The molecule has 0 saturated heterocycles. The van der Waals surface area contributed by atoms with Crippen LogP contribution in [0.5, 0.6) is 17.4 Å². The minimum atomic E-state index is -0.272. The summed E-state index contributed by atoms with van der Waals surface area (Å²) in [5.41, 5.74) is 0.954. The summed E-state index contributed by atoms with van der Waals surface area (Å²) in [5, 5.41) is 4.17. The van der Waals surface area contributed by atoms with Crippen molar-refractivity contribution < 1.29 is 14.3 Å². The van der Waals surface area contributed by atoms with E-state index >= 15 is 0 Å². The van der Waals surface area contributed by atoms with Crippen LogP contribution in [0, 0.1) is 0 Å². The maximum Gasteiger partial charge on any atom is 0.256 e. The van der Waals surface area contributed by atoms with Crippen LogP contribution in [0.3, 0.4) is 0 Å². The fraction of sp³-hybridized carbons (Fsp3) is 0.0455. The number of hydrogen-bond donors (Lipinski definition) is 1. The lowest BCUT2D eigenvalue weighted by Gasteiger charge is -2.08. The van der Waals surface area contributed by atoms with E-state index in [0.717, 1.165) is 5.39 Å². The van der Waals surface area contributed by atoms with Gasteiger partial charge in [-0.3, -0.25) is 4.79 Å². The van der Waals surface area contributed by atoms with Crippen LogP contribution in [0.15, 0.2) is 72.8 Å². The number of hydrogen-bond acceptors (Lipinski definition) is 5. The summed E-state index contributed by atoms with van der Waals surface area (Å²) in [5.74, 6) is 1.76. The quantitative estimate of drug-likeness (QED) is 0.485. The van der Waals surface area contributed by atoms with Gasteiger partial charge in [-0.15, -0.1) is 0 Å². The maximum atomic E-state index is 12.4. The normalized spacial score (nSPS) is 10.6. The number of carbonyl (C=O) groups excluding carboxylic acids is 1. The highest BCUT2D eigenvalue weighted by atomic mass is 35.5. The first-order valence-electron chi connectivity index (χ1n) is 8.77. The molecule has 0 saturated carbocycles. The van der Waals surface area contributed by atoms with Crippen molar-refractivity contribution in [2.75, 3.05) is 12.4 Å². The van der Waals surface area contributed by atoms with E-state index in [-0.39, 0.29) is 5.91 Å². The van der Waals surface area contributed by atoms with Crippen molar-refractivity contribution in [1.29, 1.82) is 0 Å². The number of aromatic nitrogens is 2. The molecular formula is C22H16ClN3O3. The zero-order chi connectivity index (χ0) is 20.2. The molecule has 0 radical (unpaired) electrons. The SMILES string of the molecule is COc1ccc(C(=O)Nc2ccc3ccc(Oc4cccc(Cl)c4)nc3n2)cc1. The molecule has 29 heavy (non-hydrogen) atoms. The molecule has 0 aliphatic carbocycles. The molecule has 7 heteroatoms. The Hall–Kier alpha value is -3.64. The number of methoxy groups -OCH3 is 1. The van der Waals surface area contributed by atoms with E-state index in [9.17, 15) is 4.79 Å². The lowest BCUT2D eigenvalue weighted by molar-refractivity contribution is 0.102. The fourth-order valence-electron chi connectivity index (χ4n) is 2.69. The van der Waals surface area contributed by atoms with E-state index < -0.39 is 0 Å². The predicted molar refractivity (Wildman–Crippen MR) is 112 cm³/mol. The van der Waals surface area contributed by atoms with Gasteiger partial charge in [-0.2, -0.15) is 4.98 Å². The Morgan fingerprint density at radius 1 is 0.931 bits per heavy atom. The van der Waals surface area contributed by atoms with E-state index in [1.807, 2.05) is 12.1 Å². The average Bonchev–Trinajstić information content (AvgIpc) is 2.73. The van der Waals surface area contributed by atoms with Gasteiger partial charge in [-0.05, 0) is 60.7 Å². The van der Waals surface area contributed by atoms with Crippen molar-refractivity contribution in [3.05, 3.63) is 83.4 Å². The van der Waals surface area contributed by atoms with Gasteiger partial charge in [-0.25, -0.2) is 4.98 Å². The molecule has 0 fully saturated rings. The summed E-state index contributed by atoms with van der Waals surface area (Å²) >= 11 is 5.98. The smallest absolute Gasteiger partial charge is 0.256 e. The molecule has 0 aliphatic rings. The second-order valence-corrected chi connectivity index (χ2v) is 6.57. The van der Waals surface area contributed by atoms with Crippen molar-refractivity contribution >= 4 is 34.4 Å². The van der Waals surface area contributed by atoms with Crippen LogP contribution in [-0.2, 0) is 0 Å². The number of nitrogens with zero attached hydrogens (tertiary/aromatic N) is 2. The first-order chi connectivity index (χ1) is 14.1. The number of pyridine rings is 2. The van der Waals surface area contributed by atoms with Crippen LogP contribution in [0.25, 0.3) is 11.0 Å². The number of rotatable bonds is 5. The van der Waals surface area contributed by atoms with Gasteiger partial charge in [0, 0.05) is 22.0 Å². The summed E-state index contributed by atoms with van der Waals surface area (Å²) in [6.45, 7) is 0. The van der Waals surface area contributed by atoms with Gasteiger partial charge in [0.05, 0.1) is 7.11 Å². The summed E-state index contributed by atoms with van der Waals surface area (Å²) in [6, 6.07) is 21.0. The Labute approximate surface area is 172 Å². The summed E-state index contributed by atoms with van der Waals surface area (Å²) in [6.07, 6.45) is 0. The van der Waals surface area contributed by atoms with Gasteiger partial charge in [-0.1, -0.05) is 17.7 Å². The molecule has 0 unspecified atom stereocenters. The molecule has 0 atom stereocenters. The van der Waals surface area contributed by atoms with E-state index in [1.54, 1.807) is 67.8 Å². The summed E-state index contributed by atoms with van der Waals surface area (Å²) in [4.78, 5) is 21.3. The topological polar surface area (TPSA) is 73.3 Å². The summed E-state index contributed by atoms with van der Waals surface area (Å²) in [7, 11) is 1.57. The molecule has 4 aromatic rings. The zero-order valence-electron chi connectivity index (χ0n) is 15.4. The van der Waals surface area contributed by atoms with Crippen molar-refractivity contribution in [3.8, 4) is 17.4 Å². The molecule has 144 valence electrons. The van der Waals surface area contributed by atoms with E-state index in [0.29, 0.717) is 39.4 Å². The lowest BCUT2D eigenvalue weighted by atomic mass is 10.2. The molecule has 0 aliphatic heterocycles. The van der Waals surface area contributed by atoms with Crippen LogP contribution in [0.1, 0.15) is 10.4 Å². The minimum absolute atomic E-state index is 0.272. The monoisotopic (exact) mass is 405 g/mol. The number of amides is 1.